The molecule has 0 aliphatic heterocycles. The molecule has 0 unspecified atom stereocenters. The number of aromatic nitrogens is 1. The van der Waals surface area contributed by atoms with Gasteiger partial charge < -0.3 is 10.3 Å². The Balaban J connectivity index is 1.88. The Labute approximate surface area is 178 Å². The van der Waals surface area contributed by atoms with Crippen LogP contribution in [0.25, 0.3) is 21.8 Å². The van der Waals surface area contributed by atoms with E-state index in [1.165, 1.54) is 12.1 Å². The van der Waals surface area contributed by atoms with Crippen LogP contribution in [0.3, 0.4) is 0 Å². The Morgan fingerprint density at radius 3 is 2.45 bits per heavy atom. The summed E-state index contributed by atoms with van der Waals surface area (Å²) in [6, 6.07) is 17.9. The lowest BCUT2D eigenvalue weighted by molar-refractivity contribution is -0.137. The maximum absolute atomic E-state index is 12.9. The Hall–Kier alpha value is -3.28. The van der Waals surface area contributed by atoms with Crippen molar-refractivity contribution in [2.75, 3.05) is 0 Å². The number of hydrogen-bond acceptors (Lipinski definition) is 1. The van der Waals surface area contributed by atoms with E-state index in [9.17, 15) is 18.0 Å². The summed E-state index contributed by atoms with van der Waals surface area (Å²) < 4.78 is 40.8. The average Bonchev–Trinajstić information content (AvgIpc) is 3.05. The van der Waals surface area contributed by atoms with Crippen LogP contribution in [0.2, 0.25) is 0 Å². The number of primary amides is 1. The second-order valence-electron chi connectivity index (χ2n) is 7.72. The number of rotatable bonds is 6. The predicted octanol–water partition coefficient (Wildman–Crippen LogP) is 6.10. The third kappa shape index (κ3) is 4.02. The summed E-state index contributed by atoms with van der Waals surface area (Å²) in [6.45, 7) is 2.49. The fourth-order valence-electron chi connectivity index (χ4n) is 3.98. The van der Waals surface area contributed by atoms with Gasteiger partial charge in [0.05, 0.1) is 16.6 Å². The van der Waals surface area contributed by atoms with E-state index in [2.05, 4.69) is 19.1 Å². The molecule has 0 aliphatic rings. The molecule has 0 aliphatic carbocycles. The highest BCUT2D eigenvalue weighted by Gasteiger charge is 2.30. The topological polar surface area (TPSA) is 48.0 Å². The van der Waals surface area contributed by atoms with Gasteiger partial charge in [0.1, 0.15) is 0 Å². The molecule has 4 rings (SSSR count). The molecule has 0 spiro atoms. The number of carbonyl (C=O) groups is 1. The first-order valence-electron chi connectivity index (χ1n) is 10.2. The maximum atomic E-state index is 12.9. The molecule has 3 aromatic carbocycles. The van der Waals surface area contributed by atoms with Crippen molar-refractivity contribution in [1.29, 1.82) is 0 Å². The second-order valence-corrected chi connectivity index (χ2v) is 7.72. The van der Waals surface area contributed by atoms with Crippen molar-refractivity contribution in [3.63, 3.8) is 0 Å². The monoisotopic (exact) mass is 423 g/mol. The van der Waals surface area contributed by atoms with Gasteiger partial charge in [0.15, 0.2) is 0 Å². The van der Waals surface area contributed by atoms with Gasteiger partial charge in [0.25, 0.3) is 0 Å². The minimum absolute atomic E-state index is 0.366. The molecule has 1 heterocycles. The van der Waals surface area contributed by atoms with E-state index in [0.29, 0.717) is 12.1 Å². The molecule has 0 saturated heterocycles. The molecule has 31 heavy (non-hydrogen) atoms. The van der Waals surface area contributed by atoms with Gasteiger partial charge in [-0.25, -0.2) is 0 Å². The number of fused-ring (bicyclic) bond motifs is 3. The first-order chi connectivity index (χ1) is 14.8. The zero-order chi connectivity index (χ0) is 22.2. The van der Waals surface area contributed by atoms with Gasteiger partial charge in [-0.1, -0.05) is 37.6 Å². The Morgan fingerprint density at radius 2 is 1.81 bits per heavy atom. The van der Waals surface area contributed by atoms with Crippen LogP contribution in [0.4, 0.5) is 13.2 Å². The highest BCUT2D eigenvalue weighted by molar-refractivity contribution is 6.17. The molecular weight excluding hydrogens is 401 g/mol. The summed E-state index contributed by atoms with van der Waals surface area (Å²) >= 11 is 0. The van der Waals surface area contributed by atoms with Gasteiger partial charge in [-0.05, 0) is 60.4 Å². The molecular formula is C25H22F3N2O. The SMILES string of the molecule is CCCCc1c[c]c2c3c(C(N)=O)cccc3n(Cc3ccc(C(F)(F)F)cc3)c2c1. The minimum Gasteiger partial charge on any atom is -0.366 e. The number of alkyl halides is 3. The standard InChI is InChI=1S/C25H22F3N2O/c1-2-3-5-16-10-13-19-22(14-16)30(21-7-4-6-20(23(19)21)24(29)31)15-17-8-11-18(12-9-17)25(26,27)28/h4,6-12,14H,2-3,5,15H2,1H3,(H2,29,31). The van der Waals surface area contributed by atoms with Crippen molar-refractivity contribution < 1.29 is 18.0 Å². The number of amides is 1. The summed E-state index contributed by atoms with van der Waals surface area (Å²) in [5.74, 6) is -0.525. The summed E-state index contributed by atoms with van der Waals surface area (Å²) in [7, 11) is 0. The molecule has 1 aromatic heterocycles. The van der Waals surface area contributed by atoms with Crippen molar-refractivity contribution >= 4 is 27.7 Å². The molecule has 159 valence electrons. The fraction of sp³-hybridized carbons (Fsp3) is 0.240. The van der Waals surface area contributed by atoms with Crippen molar-refractivity contribution in [2.24, 2.45) is 5.73 Å². The number of benzene rings is 3. The zero-order valence-corrected chi connectivity index (χ0v) is 17.1. The summed E-state index contributed by atoms with van der Waals surface area (Å²) in [6.07, 6.45) is -1.35. The third-order valence-electron chi connectivity index (χ3n) is 5.56. The highest BCUT2D eigenvalue weighted by atomic mass is 19.4. The molecule has 0 bridgehead atoms. The van der Waals surface area contributed by atoms with Gasteiger partial charge >= 0.3 is 6.18 Å². The summed E-state index contributed by atoms with van der Waals surface area (Å²) in [5.41, 5.74) is 8.90. The molecule has 1 radical (unpaired) electrons. The van der Waals surface area contributed by atoms with Gasteiger partial charge in [0, 0.05) is 22.9 Å². The first kappa shape index (κ1) is 21.0. The number of halogens is 3. The molecule has 1 amide bonds. The number of nitrogens with two attached hydrogens (primary N) is 1. The van der Waals surface area contributed by atoms with Crippen LogP contribution in [-0.4, -0.2) is 10.5 Å². The van der Waals surface area contributed by atoms with Crippen molar-refractivity contribution in [3.05, 3.63) is 82.9 Å². The first-order valence-corrected chi connectivity index (χ1v) is 10.2. The van der Waals surface area contributed by atoms with Crippen LogP contribution in [-0.2, 0) is 19.1 Å². The van der Waals surface area contributed by atoms with E-state index < -0.39 is 17.6 Å². The normalized spacial score (nSPS) is 12.0. The maximum Gasteiger partial charge on any atom is 0.416 e. The zero-order valence-electron chi connectivity index (χ0n) is 17.1. The second kappa shape index (κ2) is 8.10. The minimum atomic E-state index is -4.37. The van der Waals surface area contributed by atoms with E-state index in [0.717, 1.165) is 64.3 Å². The fourth-order valence-corrected chi connectivity index (χ4v) is 3.98. The highest BCUT2D eigenvalue weighted by Crippen LogP contribution is 2.34. The van der Waals surface area contributed by atoms with Crippen LogP contribution in [0.1, 0.15) is 46.8 Å². The Morgan fingerprint density at radius 1 is 1.06 bits per heavy atom. The number of carbonyl (C=O) groups excluding carboxylic acids is 1. The lowest BCUT2D eigenvalue weighted by atomic mass is 10.0. The molecule has 0 atom stereocenters. The molecule has 4 aromatic rings. The van der Waals surface area contributed by atoms with E-state index in [-0.39, 0.29) is 0 Å². The third-order valence-corrected chi connectivity index (χ3v) is 5.56. The number of nitrogens with zero attached hydrogens (tertiary/aromatic N) is 1. The van der Waals surface area contributed by atoms with E-state index in [1.807, 2.05) is 16.7 Å². The van der Waals surface area contributed by atoms with Gasteiger partial charge in [-0.3, -0.25) is 4.79 Å². The molecule has 3 nitrogen and oxygen atoms in total. The van der Waals surface area contributed by atoms with E-state index >= 15 is 0 Å². The van der Waals surface area contributed by atoms with Gasteiger partial charge in [-0.15, -0.1) is 0 Å². The quantitative estimate of drug-likeness (QED) is 0.400. The van der Waals surface area contributed by atoms with Crippen LogP contribution < -0.4 is 5.73 Å². The number of aryl methyl sites for hydroxylation is 1. The van der Waals surface area contributed by atoms with Gasteiger partial charge in [-0.2, -0.15) is 13.2 Å². The lowest BCUT2D eigenvalue weighted by Crippen LogP contribution is -2.11. The molecule has 2 N–H and O–H groups in total. The Bertz CT molecular complexity index is 1250. The van der Waals surface area contributed by atoms with Crippen molar-refractivity contribution in [2.45, 2.75) is 38.9 Å². The summed E-state index contributed by atoms with van der Waals surface area (Å²) in [5, 5.41) is 1.51. The van der Waals surface area contributed by atoms with Crippen molar-refractivity contribution in [3.8, 4) is 0 Å². The molecule has 0 fully saturated rings. The number of hydrogen-bond donors (Lipinski definition) is 1. The number of unbranched alkanes of at least 4 members (excludes halogenated alkanes) is 1. The summed E-state index contributed by atoms with van der Waals surface area (Å²) in [4.78, 5) is 12.1. The lowest BCUT2D eigenvalue weighted by Gasteiger charge is -2.11. The molecule has 0 saturated carbocycles. The predicted molar refractivity (Wildman–Crippen MR) is 116 cm³/mol. The smallest absolute Gasteiger partial charge is 0.366 e. The Kier molecular flexibility index (Phi) is 5.48. The van der Waals surface area contributed by atoms with Crippen LogP contribution in [0.5, 0.6) is 0 Å². The van der Waals surface area contributed by atoms with Crippen LogP contribution in [0, 0.1) is 6.07 Å². The van der Waals surface area contributed by atoms with Crippen molar-refractivity contribution in [1.82, 2.24) is 4.57 Å². The largest absolute Gasteiger partial charge is 0.416 e. The average molecular weight is 423 g/mol. The molecule has 6 heteroatoms. The van der Waals surface area contributed by atoms with Gasteiger partial charge in [0.2, 0.25) is 5.91 Å². The van der Waals surface area contributed by atoms with Crippen LogP contribution >= 0.6 is 0 Å². The van der Waals surface area contributed by atoms with E-state index in [4.69, 9.17) is 5.73 Å². The van der Waals surface area contributed by atoms with E-state index in [1.54, 1.807) is 12.1 Å². The van der Waals surface area contributed by atoms with Crippen LogP contribution in [0.15, 0.2) is 54.6 Å².